The number of carbonyl (C=O) groups excluding carboxylic acids is 2. The fourth-order valence-corrected chi connectivity index (χ4v) is 4.10. The highest BCUT2D eigenvalue weighted by molar-refractivity contribution is 9.10. The molecule has 6 heteroatoms. The molecule has 0 aliphatic carbocycles. The fourth-order valence-electron chi connectivity index (χ4n) is 3.72. The maximum Gasteiger partial charge on any atom is 0.227 e. The summed E-state index contributed by atoms with van der Waals surface area (Å²) in [6.07, 6.45) is 3.19. The molecule has 1 aliphatic rings. The number of para-hydroxylation sites is 1. The van der Waals surface area contributed by atoms with E-state index >= 15 is 0 Å². The van der Waals surface area contributed by atoms with E-state index < -0.39 is 0 Å². The second-order valence-electron chi connectivity index (χ2n) is 7.10. The Morgan fingerprint density at radius 2 is 2.00 bits per heavy atom. The highest BCUT2D eigenvalue weighted by Gasteiger charge is 2.34. The summed E-state index contributed by atoms with van der Waals surface area (Å²) in [5.41, 5.74) is 2.04. The van der Waals surface area contributed by atoms with E-state index in [4.69, 9.17) is 0 Å². The van der Waals surface area contributed by atoms with Crippen LogP contribution in [0.15, 0.2) is 65.3 Å². The molecule has 28 heavy (non-hydrogen) atoms. The Labute approximate surface area is 172 Å². The van der Waals surface area contributed by atoms with Crippen molar-refractivity contribution >= 4 is 44.3 Å². The molecule has 2 amide bonds. The summed E-state index contributed by atoms with van der Waals surface area (Å²) in [5, 5.41) is 4.22. The van der Waals surface area contributed by atoms with Crippen LogP contribution in [0.5, 0.6) is 0 Å². The van der Waals surface area contributed by atoms with Crippen molar-refractivity contribution in [1.29, 1.82) is 0 Å². The number of aromatic nitrogens is 1. The van der Waals surface area contributed by atoms with Crippen molar-refractivity contribution < 1.29 is 9.59 Å². The molecule has 1 unspecified atom stereocenters. The largest absolute Gasteiger partial charge is 0.356 e. The van der Waals surface area contributed by atoms with Crippen LogP contribution < -0.4 is 10.2 Å². The maximum atomic E-state index is 12.5. The highest BCUT2D eigenvalue weighted by atomic mass is 79.9. The average molecular weight is 440 g/mol. The molecular formula is C22H22BrN3O2. The van der Waals surface area contributed by atoms with Crippen LogP contribution >= 0.6 is 15.9 Å². The summed E-state index contributed by atoms with van der Waals surface area (Å²) in [5.74, 6) is -0.334. The number of rotatable bonds is 6. The normalized spacial score (nSPS) is 16.7. The van der Waals surface area contributed by atoms with Crippen LogP contribution in [-0.4, -0.2) is 29.5 Å². The molecular weight excluding hydrogens is 418 g/mol. The van der Waals surface area contributed by atoms with Gasteiger partial charge in [-0.05, 0) is 42.1 Å². The van der Waals surface area contributed by atoms with Gasteiger partial charge < -0.3 is 14.8 Å². The number of anilines is 1. The lowest BCUT2D eigenvalue weighted by molar-refractivity contribution is -0.126. The minimum absolute atomic E-state index is 0.00272. The molecule has 2 aromatic carbocycles. The first-order valence-electron chi connectivity index (χ1n) is 9.49. The molecule has 5 nitrogen and oxygen atoms in total. The monoisotopic (exact) mass is 439 g/mol. The molecule has 1 aromatic heterocycles. The first kappa shape index (κ1) is 18.7. The van der Waals surface area contributed by atoms with Gasteiger partial charge in [-0.2, -0.15) is 0 Å². The van der Waals surface area contributed by atoms with E-state index in [0.29, 0.717) is 13.1 Å². The zero-order valence-corrected chi connectivity index (χ0v) is 17.1. The Hall–Kier alpha value is -2.60. The van der Waals surface area contributed by atoms with Gasteiger partial charge in [0.15, 0.2) is 0 Å². The van der Waals surface area contributed by atoms with Crippen molar-refractivity contribution in [3.8, 4) is 0 Å². The van der Waals surface area contributed by atoms with Gasteiger partial charge >= 0.3 is 0 Å². The molecule has 1 fully saturated rings. The van der Waals surface area contributed by atoms with E-state index in [1.165, 1.54) is 10.9 Å². The third kappa shape index (κ3) is 3.97. The SMILES string of the molecule is O=C(NCCCn1ccc2ccccc21)C1CC(=O)N(c2cccc(Br)c2)C1. The van der Waals surface area contributed by atoms with Gasteiger partial charge in [0.25, 0.3) is 0 Å². The zero-order valence-electron chi connectivity index (χ0n) is 15.5. The van der Waals surface area contributed by atoms with Crippen LogP contribution in [0.25, 0.3) is 10.9 Å². The molecule has 0 radical (unpaired) electrons. The quantitative estimate of drug-likeness (QED) is 0.590. The average Bonchev–Trinajstić information content (AvgIpc) is 3.29. The van der Waals surface area contributed by atoms with Gasteiger partial charge in [0.1, 0.15) is 0 Å². The summed E-state index contributed by atoms with van der Waals surface area (Å²) in [7, 11) is 0. The molecule has 144 valence electrons. The third-order valence-electron chi connectivity index (χ3n) is 5.17. The molecule has 1 atom stereocenters. The topological polar surface area (TPSA) is 54.3 Å². The lowest BCUT2D eigenvalue weighted by Gasteiger charge is -2.17. The van der Waals surface area contributed by atoms with Crippen LogP contribution in [0, 0.1) is 5.92 Å². The fraction of sp³-hybridized carbons (Fsp3) is 0.273. The Morgan fingerprint density at radius 1 is 1.14 bits per heavy atom. The zero-order chi connectivity index (χ0) is 19.5. The minimum atomic E-state index is -0.293. The maximum absolute atomic E-state index is 12.5. The highest BCUT2D eigenvalue weighted by Crippen LogP contribution is 2.27. The number of hydrogen-bond donors (Lipinski definition) is 1. The first-order valence-corrected chi connectivity index (χ1v) is 10.3. The number of hydrogen-bond acceptors (Lipinski definition) is 2. The van der Waals surface area contributed by atoms with Crippen molar-refractivity contribution in [1.82, 2.24) is 9.88 Å². The lowest BCUT2D eigenvalue weighted by Crippen LogP contribution is -2.33. The molecule has 0 bridgehead atoms. The number of fused-ring (bicyclic) bond motifs is 1. The van der Waals surface area contributed by atoms with Crippen LogP contribution in [0.1, 0.15) is 12.8 Å². The minimum Gasteiger partial charge on any atom is -0.356 e. The molecule has 0 spiro atoms. The number of halogens is 1. The van der Waals surface area contributed by atoms with E-state index in [9.17, 15) is 9.59 Å². The predicted molar refractivity (Wildman–Crippen MR) is 114 cm³/mol. The molecule has 1 N–H and O–H groups in total. The van der Waals surface area contributed by atoms with Gasteiger partial charge in [0, 0.05) is 47.9 Å². The van der Waals surface area contributed by atoms with E-state index in [-0.39, 0.29) is 24.2 Å². The smallest absolute Gasteiger partial charge is 0.227 e. The third-order valence-corrected chi connectivity index (χ3v) is 5.66. The van der Waals surface area contributed by atoms with Crippen LogP contribution in [0.3, 0.4) is 0 Å². The van der Waals surface area contributed by atoms with E-state index in [0.717, 1.165) is 23.1 Å². The van der Waals surface area contributed by atoms with Gasteiger partial charge in [-0.15, -0.1) is 0 Å². The summed E-state index contributed by atoms with van der Waals surface area (Å²) in [6, 6.07) is 18.0. The number of aryl methyl sites for hydroxylation is 1. The molecule has 0 saturated carbocycles. The van der Waals surface area contributed by atoms with Crippen molar-refractivity contribution in [2.24, 2.45) is 5.92 Å². The van der Waals surface area contributed by atoms with Gasteiger partial charge in [-0.1, -0.05) is 40.2 Å². The van der Waals surface area contributed by atoms with E-state index in [2.05, 4.69) is 50.2 Å². The molecule has 3 aromatic rings. The predicted octanol–water partition coefficient (Wildman–Crippen LogP) is 3.96. The van der Waals surface area contributed by atoms with Crippen LogP contribution in [0.4, 0.5) is 5.69 Å². The Morgan fingerprint density at radius 3 is 2.86 bits per heavy atom. The summed E-state index contributed by atoms with van der Waals surface area (Å²) >= 11 is 3.43. The van der Waals surface area contributed by atoms with E-state index in [1.54, 1.807) is 4.90 Å². The summed E-state index contributed by atoms with van der Waals surface area (Å²) in [6.45, 7) is 1.89. The van der Waals surface area contributed by atoms with Gasteiger partial charge in [0.05, 0.1) is 5.92 Å². The number of nitrogens with one attached hydrogen (secondary N) is 1. The molecule has 1 saturated heterocycles. The number of amides is 2. The lowest BCUT2D eigenvalue weighted by atomic mass is 10.1. The first-order chi connectivity index (χ1) is 13.6. The van der Waals surface area contributed by atoms with Crippen molar-refractivity contribution in [3.05, 3.63) is 65.3 Å². The van der Waals surface area contributed by atoms with Crippen LogP contribution in [-0.2, 0) is 16.1 Å². The Bertz CT molecular complexity index is 1010. The Balaban J connectivity index is 1.28. The van der Waals surface area contributed by atoms with Gasteiger partial charge in [-0.3, -0.25) is 9.59 Å². The second kappa shape index (κ2) is 8.19. The number of benzene rings is 2. The number of nitrogens with zero attached hydrogens (tertiary/aromatic N) is 2. The molecule has 1 aliphatic heterocycles. The second-order valence-corrected chi connectivity index (χ2v) is 8.01. The Kier molecular flexibility index (Phi) is 5.48. The molecule has 4 rings (SSSR count). The van der Waals surface area contributed by atoms with E-state index in [1.807, 2.05) is 36.4 Å². The summed E-state index contributed by atoms with van der Waals surface area (Å²) < 4.78 is 3.12. The standard InChI is InChI=1S/C22H22BrN3O2/c23-18-6-3-7-19(14-18)26-15-17(13-21(26)27)22(28)24-10-4-11-25-12-9-16-5-1-2-8-20(16)25/h1-3,5-9,12,14,17H,4,10-11,13,15H2,(H,24,28). The molecule has 2 heterocycles. The van der Waals surface area contributed by atoms with Crippen molar-refractivity contribution in [2.75, 3.05) is 18.0 Å². The number of carbonyl (C=O) groups is 2. The summed E-state index contributed by atoms with van der Waals surface area (Å²) in [4.78, 5) is 26.5. The van der Waals surface area contributed by atoms with Gasteiger partial charge in [0.2, 0.25) is 11.8 Å². The van der Waals surface area contributed by atoms with Crippen LogP contribution in [0.2, 0.25) is 0 Å². The van der Waals surface area contributed by atoms with Crippen molar-refractivity contribution in [3.63, 3.8) is 0 Å². The van der Waals surface area contributed by atoms with Crippen molar-refractivity contribution in [2.45, 2.75) is 19.4 Å². The van der Waals surface area contributed by atoms with Gasteiger partial charge in [-0.25, -0.2) is 0 Å².